The molecule has 1 aromatic heterocycles. The van der Waals surface area contributed by atoms with Crippen molar-refractivity contribution >= 4 is 17.7 Å². The van der Waals surface area contributed by atoms with E-state index in [0.29, 0.717) is 6.07 Å². The van der Waals surface area contributed by atoms with Gasteiger partial charge in [-0.2, -0.15) is 0 Å². The number of rotatable bonds is 3. The van der Waals surface area contributed by atoms with Crippen molar-refractivity contribution in [2.75, 3.05) is 6.54 Å². The SMILES string of the molecule is N/C(=N\OC(=O)[C@H]1CC[C@H]2CC(F)(F)c3cc(F)ccc3C(=O)N2C1)c1ccc(F)cn1. The predicted octanol–water partition coefficient (Wildman–Crippen LogP) is 2.94. The number of pyridine rings is 1. The van der Waals surface area contributed by atoms with Crippen LogP contribution in [0.15, 0.2) is 41.7 Å². The molecule has 168 valence electrons. The number of oxime groups is 1. The summed E-state index contributed by atoms with van der Waals surface area (Å²) < 4.78 is 56.0. The van der Waals surface area contributed by atoms with Crippen LogP contribution in [0.25, 0.3) is 0 Å². The van der Waals surface area contributed by atoms with Gasteiger partial charge in [-0.3, -0.25) is 4.79 Å². The van der Waals surface area contributed by atoms with E-state index in [1.807, 2.05) is 0 Å². The number of carbonyl (C=O) groups is 2. The Morgan fingerprint density at radius 1 is 1.19 bits per heavy atom. The molecule has 2 N–H and O–H groups in total. The molecule has 11 heteroatoms. The number of nitrogens with zero attached hydrogens (tertiary/aromatic N) is 3. The summed E-state index contributed by atoms with van der Waals surface area (Å²) in [5, 5.41) is 3.50. The van der Waals surface area contributed by atoms with E-state index in [1.165, 1.54) is 11.0 Å². The predicted molar refractivity (Wildman–Crippen MR) is 103 cm³/mol. The van der Waals surface area contributed by atoms with Crippen LogP contribution in [-0.2, 0) is 15.6 Å². The Kier molecular flexibility index (Phi) is 5.57. The number of benzene rings is 1. The summed E-state index contributed by atoms with van der Waals surface area (Å²) in [5.41, 5.74) is 4.82. The van der Waals surface area contributed by atoms with Crippen LogP contribution < -0.4 is 5.73 Å². The highest BCUT2D eigenvalue weighted by molar-refractivity contribution is 5.97. The van der Waals surface area contributed by atoms with E-state index < -0.39 is 53.4 Å². The molecule has 4 rings (SSSR count). The number of halogens is 4. The van der Waals surface area contributed by atoms with E-state index in [4.69, 9.17) is 10.6 Å². The second-order valence-electron chi connectivity index (χ2n) is 7.73. The largest absolute Gasteiger partial charge is 0.379 e. The summed E-state index contributed by atoms with van der Waals surface area (Å²) in [4.78, 5) is 35.2. The Morgan fingerprint density at radius 2 is 1.94 bits per heavy atom. The lowest BCUT2D eigenvalue weighted by molar-refractivity contribution is -0.150. The van der Waals surface area contributed by atoms with Gasteiger partial charge in [0.25, 0.3) is 11.8 Å². The number of fused-ring (bicyclic) bond motifs is 2. The summed E-state index contributed by atoms with van der Waals surface area (Å²) in [7, 11) is 0. The highest BCUT2D eigenvalue weighted by atomic mass is 19.3. The first-order valence-corrected chi connectivity index (χ1v) is 9.81. The minimum atomic E-state index is -3.39. The van der Waals surface area contributed by atoms with Crippen LogP contribution in [0.1, 0.15) is 40.9 Å². The molecule has 0 bridgehead atoms. The van der Waals surface area contributed by atoms with Crippen molar-refractivity contribution in [3.05, 3.63) is 65.0 Å². The van der Waals surface area contributed by atoms with E-state index in [1.54, 1.807) is 0 Å². The third-order valence-corrected chi connectivity index (χ3v) is 5.62. The number of amidine groups is 1. The maximum atomic E-state index is 14.7. The molecule has 7 nitrogen and oxygen atoms in total. The molecule has 1 amide bonds. The van der Waals surface area contributed by atoms with Crippen LogP contribution >= 0.6 is 0 Å². The van der Waals surface area contributed by atoms with Crippen molar-refractivity contribution in [3.63, 3.8) is 0 Å². The summed E-state index contributed by atoms with van der Waals surface area (Å²) in [5.74, 6) is -7.39. The van der Waals surface area contributed by atoms with Gasteiger partial charge < -0.3 is 15.5 Å². The van der Waals surface area contributed by atoms with Crippen molar-refractivity contribution in [2.45, 2.75) is 31.2 Å². The van der Waals surface area contributed by atoms with E-state index in [9.17, 15) is 27.2 Å². The number of aromatic nitrogens is 1. The molecular weight excluding hydrogens is 432 g/mol. The second kappa shape index (κ2) is 8.21. The molecule has 0 unspecified atom stereocenters. The fourth-order valence-corrected chi connectivity index (χ4v) is 3.99. The zero-order chi connectivity index (χ0) is 23.0. The van der Waals surface area contributed by atoms with Crippen LogP contribution in [0.2, 0.25) is 0 Å². The van der Waals surface area contributed by atoms with E-state index in [2.05, 4.69) is 10.1 Å². The van der Waals surface area contributed by atoms with Crippen molar-refractivity contribution in [1.29, 1.82) is 0 Å². The summed E-state index contributed by atoms with van der Waals surface area (Å²) in [6.45, 7) is -0.153. The van der Waals surface area contributed by atoms with E-state index in [0.717, 1.165) is 24.4 Å². The van der Waals surface area contributed by atoms with Gasteiger partial charge in [0, 0.05) is 30.1 Å². The zero-order valence-electron chi connectivity index (χ0n) is 16.6. The maximum absolute atomic E-state index is 14.7. The smallest absolute Gasteiger partial charge is 0.339 e. The number of amides is 1. The number of nitrogens with two attached hydrogens (primary N) is 1. The second-order valence-corrected chi connectivity index (χ2v) is 7.73. The Morgan fingerprint density at radius 3 is 2.66 bits per heavy atom. The van der Waals surface area contributed by atoms with Crippen molar-refractivity contribution in [3.8, 4) is 0 Å². The Balaban J connectivity index is 1.50. The van der Waals surface area contributed by atoms with Crippen molar-refractivity contribution in [2.24, 2.45) is 16.8 Å². The number of hydrogen-bond donors (Lipinski definition) is 1. The fraction of sp³-hybridized carbons (Fsp3) is 0.333. The van der Waals surface area contributed by atoms with Gasteiger partial charge in [-0.1, -0.05) is 5.16 Å². The van der Waals surface area contributed by atoms with Gasteiger partial charge in [-0.25, -0.2) is 27.3 Å². The third kappa shape index (κ3) is 4.14. The lowest BCUT2D eigenvalue weighted by Gasteiger charge is -2.38. The van der Waals surface area contributed by atoms with Gasteiger partial charge >= 0.3 is 5.97 Å². The molecule has 1 saturated heterocycles. The van der Waals surface area contributed by atoms with Gasteiger partial charge in [-0.05, 0) is 43.2 Å². The number of piperidine rings is 1. The molecule has 32 heavy (non-hydrogen) atoms. The van der Waals surface area contributed by atoms with Crippen LogP contribution in [0, 0.1) is 17.6 Å². The van der Waals surface area contributed by atoms with Crippen molar-refractivity contribution < 1.29 is 32.0 Å². The molecule has 0 saturated carbocycles. The summed E-state index contributed by atoms with van der Waals surface area (Å²) in [6.07, 6.45) is 0.581. The van der Waals surface area contributed by atoms with Gasteiger partial charge in [0.2, 0.25) is 0 Å². The van der Waals surface area contributed by atoms with E-state index in [-0.39, 0.29) is 36.5 Å². The Labute approximate surface area is 179 Å². The molecule has 2 atom stereocenters. The molecule has 3 heterocycles. The zero-order valence-corrected chi connectivity index (χ0v) is 16.6. The Bertz CT molecular complexity index is 1090. The highest BCUT2D eigenvalue weighted by Gasteiger charge is 2.47. The molecule has 2 aliphatic rings. The molecule has 2 aromatic rings. The van der Waals surface area contributed by atoms with Crippen LogP contribution in [-0.4, -0.2) is 40.2 Å². The third-order valence-electron chi connectivity index (χ3n) is 5.62. The average molecular weight is 450 g/mol. The first-order valence-electron chi connectivity index (χ1n) is 9.81. The average Bonchev–Trinajstić information content (AvgIpc) is 2.84. The summed E-state index contributed by atoms with van der Waals surface area (Å²) in [6, 6.07) is 4.21. The molecule has 1 fully saturated rings. The molecular formula is C21H18F4N4O3. The Hall–Kier alpha value is -3.50. The molecule has 1 aromatic carbocycles. The monoisotopic (exact) mass is 450 g/mol. The maximum Gasteiger partial charge on any atom is 0.339 e. The van der Waals surface area contributed by atoms with Gasteiger partial charge in [0.1, 0.15) is 17.3 Å². The molecule has 0 spiro atoms. The lowest BCUT2D eigenvalue weighted by Crippen LogP contribution is -2.48. The van der Waals surface area contributed by atoms with Crippen LogP contribution in [0.4, 0.5) is 17.6 Å². The van der Waals surface area contributed by atoms with Gasteiger partial charge in [0.05, 0.1) is 12.1 Å². The normalized spacial score (nSPS) is 22.6. The minimum Gasteiger partial charge on any atom is -0.379 e. The number of alkyl halides is 2. The minimum absolute atomic E-state index is 0.0941. The van der Waals surface area contributed by atoms with E-state index >= 15 is 0 Å². The topological polar surface area (TPSA) is 97.9 Å². The standard InChI is InChI=1S/C21H18F4N4O3/c22-12-2-5-15-16(7-12)21(24,25)8-14-4-1-11(10-29(14)19(15)30)20(31)32-28-18(26)17-6-3-13(23)9-27-17/h2-3,5-7,9,11,14H,1,4,8,10H2,(H2,26,28)/t11-,14-/m0/s1. The van der Waals surface area contributed by atoms with Crippen LogP contribution in [0.5, 0.6) is 0 Å². The van der Waals surface area contributed by atoms with Crippen molar-refractivity contribution in [1.82, 2.24) is 9.88 Å². The quantitative estimate of drug-likeness (QED) is 0.255. The number of carbonyl (C=O) groups excluding carboxylic acids is 2. The van der Waals surface area contributed by atoms with Gasteiger partial charge in [-0.15, -0.1) is 0 Å². The molecule has 2 aliphatic heterocycles. The lowest BCUT2D eigenvalue weighted by atomic mass is 9.90. The molecule has 0 aliphatic carbocycles. The molecule has 0 radical (unpaired) electrons. The summed E-state index contributed by atoms with van der Waals surface area (Å²) >= 11 is 0. The highest BCUT2D eigenvalue weighted by Crippen LogP contribution is 2.42. The number of hydrogen-bond acceptors (Lipinski definition) is 5. The van der Waals surface area contributed by atoms with Gasteiger partial charge in [0.15, 0.2) is 5.84 Å². The fourth-order valence-electron chi connectivity index (χ4n) is 3.99. The first-order chi connectivity index (χ1) is 15.2. The van der Waals surface area contributed by atoms with Crippen LogP contribution in [0.3, 0.4) is 0 Å². The first kappa shape index (κ1) is 21.7.